The monoisotopic (exact) mass is 478 g/mol. The van der Waals surface area contributed by atoms with Gasteiger partial charge >= 0.3 is 0 Å². The molecule has 7 nitrogen and oxygen atoms in total. The van der Waals surface area contributed by atoms with Gasteiger partial charge in [0.25, 0.3) is 5.91 Å². The van der Waals surface area contributed by atoms with Gasteiger partial charge in [0, 0.05) is 26.1 Å². The fourth-order valence-electron chi connectivity index (χ4n) is 4.39. The lowest BCUT2D eigenvalue weighted by molar-refractivity contribution is 0.0943. The molecular formula is C23H27ClN2O5S. The van der Waals surface area contributed by atoms with E-state index in [-0.39, 0.29) is 20.9 Å². The van der Waals surface area contributed by atoms with Gasteiger partial charge in [-0.3, -0.25) is 4.79 Å². The van der Waals surface area contributed by atoms with Gasteiger partial charge in [-0.2, -0.15) is 0 Å². The van der Waals surface area contributed by atoms with E-state index in [0.717, 1.165) is 47.1 Å². The molecule has 1 fully saturated rings. The first-order valence-electron chi connectivity index (χ1n) is 10.6. The van der Waals surface area contributed by atoms with Crippen molar-refractivity contribution in [2.75, 3.05) is 33.9 Å². The molecule has 1 aliphatic carbocycles. The van der Waals surface area contributed by atoms with Crippen LogP contribution in [-0.4, -0.2) is 52.5 Å². The summed E-state index contributed by atoms with van der Waals surface area (Å²) in [7, 11) is -0.785. The van der Waals surface area contributed by atoms with E-state index in [4.69, 9.17) is 21.1 Å². The van der Waals surface area contributed by atoms with E-state index in [1.807, 2.05) is 18.2 Å². The average molecular weight is 479 g/mol. The molecule has 1 amide bonds. The Bertz CT molecular complexity index is 1130. The van der Waals surface area contributed by atoms with Crippen LogP contribution in [0.25, 0.3) is 0 Å². The van der Waals surface area contributed by atoms with Crippen molar-refractivity contribution in [2.45, 2.75) is 36.0 Å². The molecule has 2 aromatic carbocycles. The zero-order valence-corrected chi connectivity index (χ0v) is 19.8. The number of sulfonamides is 1. The second-order valence-electron chi connectivity index (χ2n) is 8.46. The molecule has 0 bridgehead atoms. The van der Waals surface area contributed by atoms with Gasteiger partial charge in [-0.05, 0) is 48.7 Å². The third-order valence-electron chi connectivity index (χ3n) is 6.26. The summed E-state index contributed by atoms with van der Waals surface area (Å²) in [6.07, 6.45) is 4.02. The summed E-state index contributed by atoms with van der Waals surface area (Å²) in [6.45, 7) is 1.48. The van der Waals surface area contributed by atoms with E-state index in [2.05, 4.69) is 5.32 Å². The molecule has 0 unspecified atom stereocenters. The molecule has 4 rings (SSSR count). The number of hydrogen-bond acceptors (Lipinski definition) is 5. The average Bonchev–Trinajstić information content (AvgIpc) is 3.27. The van der Waals surface area contributed by atoms with E-state index in [9.17, 15) is 13.2 Å². The van der Waals surface area contributed by atoms with Crippen molar-refractivity contribution in [2.24, 2.45) is 0 Å². The molecule has 1 saturated carbocycles. The van der Waals surface area contributed by atoms with Crippen molar-refractivity contribution >= 4 is 27.5 Å². The van der Waals surface area contributed by atoms with Crippen LogP contribution in [0.3, 0.4) is 0 Å². The van der Waals surface area contributed by atoms with Crippen molar-refractivity contribution in [3.05, 3.63) is 52.5 Å². The second-order valence-corrected chi connectivity index (χ2v) is 11.0. The van der Waals surface area contributed by atoms with Gasteiger partial charge in [0.1, 0.15) is 13.2 Å². The van der Waals surface area contributed by atoms with Gasteiger partial charge in [-0.15, -0.1) is 0 Å². The summed E-state index contributed by atoms with van der Waals surface area (Å²) in [4.78, 5) is 13.1. The summed E-state index contributed by atoms with van der Waals surface area (Å²) in [5.41, 5.74) is 1.03. The van der Waals surface area contributed by atoms with E-state index in [1.165, 1.54) is 32.3 Å². The van der Waals surface area contributed by atoms with Gasteiger partial charge in [-0.1, -0.05) is 30.5 Å². The summed E-state index contributed by atoms with van der Waals surface area (Å²) in [5.74, 6) is 1.08. The number of ether oxygens (including phenoxy) is 2. The molecule has 2 aromatic rings. The van der Waals surface area contributed by atoms with Crippen LogP contribution in [0.15, 0.2) is 41.3 Å². The fraction of sp³-hybridized carbons (Fsp3) is 0.435. The zero-order valence-electron chi connectivity index (χ0n) is 18.2. The number of carbonyl (C=O) groups excluding carboxylic acids is 1. The fourth-order valence-corrected chi connectivity index (χ4v) is 5.52. The highest BCUT2D eigenvalue weighted by Gasteiger charge is 2.37. The molecule has 172 valence electrons. The van der Waals surface area contributed by atoms with Crippen LogP contribution in [0, 0.1) is 0 Å². The Morgan fingerprint density at radius 2 is 1.75 bits per heavy atom. The Morgan fingerprint density at radius 1 is 1.06 bits per heavy atom. The summed E-state index contributed by atoms with van der Waals surface area (Å²) < 4.78 is 37.4. The van der Waals surface area contributed by atoms with Gasteiger partial charge in [0.15, 0.2) is 11.5 Å². The van der Waals surface area contributed by atoms with Crippen LogP contribution in [0.4, 0.5) is 0 Å². The van der Waals surface area contributed by atoms with E-state index < -0.39 is 15.9 Å². The molecule has 1 N–H and O–H groups in total. The first kappa shape index (κ1) is 22.9. The Morgan fingerprint density at radius 3 is 2.44 bits per heavy atom. The maximum absolute atomic E-state index is 13.0. The number of amides is 1. The van der Waals surface area contributed by atoms with Gasteiger partial charge in [-0.25, -0.2) is 12.7 Å². The third-order valence-corrected chi connectivity index (χ3v) is 8.40. The predicted octanol–water partition coefficient (Wildman–Crippen LogP) is 3.60. The van der Waals surface area contributed by atoms with Gasteiger partial charge < -0.3 is 14.8 Å². The normalized spacial score (nSPS) is 17.4. The van der Waals surface area contributed by atoms with Gasteiger partial charge in [0.05, 0.1) is 15.5 Å². The third kappa shape index (κ3) is 4.31. The van der Waals surface area contributed by atoms with Crippen molar-refractivity contribution in [3.63, 3.8) is 0 Å². The zero-order chi connectivity index (χ0) is 22.9. The Kier molecular flexibility index (Phi) is 6.38. The molecule has 32 heavy (non-hydrogen) atoms. The minimum atomic E-state index is -3.68. The number of benzene rings is 2. The molecule has 0 aromatic heterocycles. The lowest BCUT2D eigenvalue weighted by Gasteiger charge is -2.31. The summed E-state index contributed by atoms with van der Waals surface area (Å²) in [6, 6.07) is 10.2. The largest absolute Gasteiger partial charge is 0.486 e. The first-order valence-corrected chi connectivity index (χ1v) is 12.5. The predicted molar refractivity (Wildman–Crippen MR) is 122 cm³/mol. The molecule has 0 radical (unpaired) electrons. The number of halogens is 1. The molecule has 0 atom stereocenters. The minimum Gasteiger partial charge on any atom is -0.486 e. The summed E-state index contributed by atoms with van der Waals surface area (Å²) in [5, 5.41) is 3.21. The summed E-state index contributed by atoms with van der Waals surface area (Å²) >= 11 is 6.25. The Balaban J connectivity index is 1.57. The second kappa shape index (κ2) is 8.92. The molecule has 1 heterocycles. The lowest BCUT2D eigenvalue weighted by atomic mass is 9.78. The van der Waals surface area contributed by atoms with Crippen molar-refractivity contribution < 1.29 is 22.7 Å². The Hall–Kier alpha value is -2.29. The Labute approximate surface area is 193 Å². The molecule has 1 aliphatic heterocycles. The maximum atomic E-state index is 13.0. The first-order chi connectivity index (χ1) is 15.2. The van der Waals surface area contributed by atoms with E-state index in [1.54, 1.807) is 0 Å². The number of nitrogens with one attached hydrogen (secondary N) is 1. The standard InChI is InChI=1S/C23H27ClN2O5S/c1-26(2)32(28,29)17-6-7-19(24)18(14-17)22(27)25-15-23(9-3-4-10-23)16-5-8-20-21(13-16)31-12-11-30-20/h5-8,13-14H,3-4,9-12,15H2,1-2H3,(H,25,27). The highest BCUT2D eigenvalue weighted by Crippen LogP contribution is 2.44. The number of fused-ring (bicyclic) bond motifs is 1. The van der Waals surface area contributed by atoms with Crippen molar-refractivity contribution in [3.8, 4) is 11.5 Å². The maximum Gasteiger partial charge on any atom is 0.252 e. The van der Waals surface area contributed by atoms with Crippen LogP contribution < -0.4 is 14.8 Å². The van der Waals surface area contributed by atoms with Crippen LogP contribution in [0.5, 0.6) is 11.5 Å². The highest BCUT2D eigenvalue weighted by molar-refractivity contribution is 7.89. The lowest BCUT2D eigenvalue weighted by Crippen LogP contribution is -2.39. The van der Waals surface area contributed by atoms with E-state index >= 15 is 0 Å². The van der Waals surface area contributed by atoms with Crippen molar-refractivity contribution in [1.29, 1.82) is 0 Å². The molecule has 0 saturated heterocycles. The van der Waals surface area contributed by atoms with Crippen LogP contribution >= 0.6 is 11.6 Å². The van der Waals surface area contributed by atoms with Crippen molar-refractivity contribution in [1.82, 2.24) is 9.62 Å². The highest BCUT2D eigenvalue weighted by atomic mass is 35.5. The van der Waals surface area contributed by atoms with Crippen LogP contribution in [-0.2, 0) is 15.4 Å². The number of hydrogen-bond donors (Lipinski definition) is 1. The van der Waals surface area contributed by atoms with E-state index in [0.29, 0.717) is 19.8 Å². The van der Waals surface area contributed by atoms with Crippen LogP contribution in [0.1, 0.15) is 41.6 Å². The van der Waals surface area contributed by atoms with Crippen LogP contribution in [0.2, 0.25) is 5.02 Å². The van der Waals surface area contributed by atoms with Gasteiger partial charge in [0.2, 0.25) is 10.0 Å². The minimum absolute atomic E-state index is 0.0273. The molecule has 2 aliphatic rings. The number of rotatable bonds is 6. The topological polar surface area (TPSA) is 84.9 Å². The molecule has 9 heteroatoms. The number of carbonyl (C=O) groups is 1. The SMILES string of the molecule is CN(C)S(=O)(=O)c1ccc(Cl)c(C(=O)NCC2(c3ccc4c(c3)OCCO4)CCCC2)c1. The molecule has 0 spiro atoms. The quantitative estimate of drug-likeness (QED) is 0.685. The smallest absolute Gasteiger partial charge is 0.252 e. The number of nitrogens with zero attached hydrogens (tertiary/aromatic N) is 1. The molecular weight excluding hydrogens is 452 g/mol.